The molecule has 1 heterocycles. The number of hydrogen-bond donors (Lipinski definition) is 1. The van der Waals surface area contributed by atoms with Gasteiger partial charge in [-0.1, -0.05) is 30.3 Å². The lowest BCUT2D eigenvalue weighted by molar-refractivity contribution is -0.130. The Kier molecular flexibility index (Phi) is 4.48. The molecule has 0 atom stereocenters. The lowest BCUT2D eigenvalue weighted by Crippen LogP contribution is -2.39. The number of carbonyl (C=O) groups excluding carboxylic acids is 1. The highest BCUT2D eigenvalue weighted by molar-refractivity contribution is 9.10. The zero-order chi connectivity index (χ0) is 15.5. The summed E-state index contributed by atoms with van der Waals surface area (Å²) in [6.07, 6.45) is 0.941. The number of anilines is 1. The maximum absolute atomic E-state index is 12.4. The summed E-state index contributed by atoms with van der Waals surface area (Å²) in [5, 5.41) is 3.22. The molecule has 0 aromatic heterocycles. The maximum Gasteiger partial charge on any atom is 0.242 e. The van der Waals surface area contributed by atoms with Crippen LogP contribution in [-0.4, -0.2) is 23.9 Å². The quantitative estimate of drug-likeness (QED) is 0.905. The van der Waals surface area contributed by atoms with E-state index in [1.54, 1.807) is 0 Å². The number of aryl methyl sites for hydroxylation is 1. The lowest BCUT2D eigenvalue weighted by Gasteiger charge is -2.29. The van der Waals surface area contributed by atoms with Gasteiger partial charge in [-0.15, -0.1) is 0 Å². The summed E-state index contributed by atoms with van der Waals surface area (Å²) in [5.74, 6) is 0.141. The summed E-state index contributed by atoms with van der Waals surface area (Å²) < 4.78 is 0.990. The predicted octanol–water partition coefficient (Wildman–Crippen LogP) is 3.75. The number of amides is 1. The molecule has 1 aliphatic heterocycles. The average molecular weight is 359 g/mol. The molecule has 0 unspecified atom stereocenters. The van der Waals surface area contributed by atoms with Crippen LogP contribution in [0.5, 0.6) is 0 Å². The Labute approximate surface area is 139 Å². The average Bonchev–Trinajstić information content (AvgIpc) is 2.53. The van der Waals surface area contributed by atoms with Gasteiger partial charge in [-0.3, -0.25) is 4.79 Å². The first-order valence-electron chi connectivity index (χ1n) is 7.48. The molecule has 0 saturated heterocycles. The van der Waals surface area contributed by atoms with Gasteiger partial charge in [0.15, 0.2) is 0 Å². The molecule has 0 fully saturated rings. The van der Waals surface area contributed by atoms with Crippen molar-refractivity contribution in [2.24, 2.45) is 0 Å². The van der Waals surface area contributed by atoms with Crippen molar-refractivity contribution in [1.82, 2.24) is 4.90 Å². The summed E-state index contributed by atoms with van der Waals surface area (Å²) in [5.41, 5.74) is 4.77. The summed E-state index contributed by atoms with van der Waals surface area (Å²) >= 11 is 3.53. The Balaban J connectivity index is 1.61. The summed E-state index contributed by atoms with van der Waals surface area (Å²) in [7, 11) is 0. The van der Waals surface area contributed by atoms with E-state index >= 15 is 0 Å². The van der Waals surface area contributed by atoms with E-state index in [1.165, 1.54) is 16.7 Å². The Hall–Kier alpha value is -1.81. The van der Waals surface area contributed by atoms with Crippen LogP contribution in [0.25, 0.3) is 0 Å². The first-order chi connectivity index (χ1) is 10.6. The molecule has 4 heteroatoms. The molecule has 0 aliphatic carbocycles. The van der Waals surface area contributed by atoms with Crippen molar-refractivity contribution in [2.45, 2.75) is 19.9 Å². The lowest BCUT2D eigenvalue weighted by atomic mass is 10.00. The molecular formula is C18H19BrN2O. The second-order valence-corrected chi connectivity index (χ2v) is 6.53. The van der Waals surface area contributed by atoms with Gasteiger partial charge in [-0.05, 0) is 58.1 Å². The molecule has 0 bridgehead atoms. The van der Waals surface area contributed by atoms with Gasteiger partial charge in [-0.25, -0.2) is 0 Å². The minimum absolute atomic E-state index is 0.141. The van der Waals surface area contributed by atoms with Crippen molar-refractivity contribution in [3.63, 3.8) is 0 Å². The summed E-state index contributed by atoms with van der Waals surface area (Å²) in [4.78, 5) is 14.3. The van der Waals surface area contributed by atoms with Gasteiger partial charge < -0.3 is 10.2 Å². The van der Waals surface area contributed by atoms with Gasteiger partial charge in [-0.2, -0.15) is 0 Å². The monoisotopic (exact) mass is 358 g/mol. The van der Waals surface area contributed by atoms with E-state index in [-0.39, 0.29) is 5.91 Å². The van der Waals surface area contributed by atoms with Gasteiger partial charge in [0.1, 0.15) is 0 Å². The van der Waals surface area contributed by atoms with Crippen LogP contribution in [0.3, 0.4) is 0 Å². The van der Waals surface area contributed by atoms with E-state index in [1.807, 2.05) is 36.1 Å². The Morgan fingerprint density at radius 1 is 1.23 bits per heavy atom. The Bertz CT molecular complexity index is 699. The third-order valence-corrected chi connectivity index (χ3v) is 4.69. The van der Waals surface area contributed by atoms with E-state index in [0.717, 1.165) is 23.1 Å². The van der Waals surface area contributed by atoms with Crippen LogP contribution >= 0.6 is 15.9 Å². The van der Waals surface area contributed by atoms with Gasteiger partial charge in [0.2, 0.25) is 5.91 Å². The fourth-order valence-corrected chi connectivity index (χ4v) is 3.39. The summed E-state index contributed by atoms with van der Waals surface area (Å²) in [6, 6.07) is 14.4. The number of rotatable bonds is 3. The van der Waals surface area contributed by atoms with Gasteiger partial charge in [0, 0.05) is 23.2 Å². The third-order valence-electron chi connectivity index (χ3n) is 4.04. The van der Waals surface area contributed by atoms with Crippen LogP contribution < -0.4 is 5.32 Å². The molecule has 1 N–H and O–H groups in total. The number of nitrogens with one attached hydrogen (secondary N) is 1. The molecular weight excluding hydrogens is 340 g/mol. The topological polar surface area (TPSA) is 32.3 Å². The fourth-order valence-electron chi connectivity index (χ4n) is 2.75. The minimum Gasteiger partial charge on any atom is -0.375 e. The molecule has 1 aliphatic rings. The maximum atomic E-state index is 12.4. The van der Waals surface area contributed by atoms with E-state index in [2.05, 4.69) is 39.4 Å². The fraction of sp³-hybridized carbons (Fsp3) is 0.278. The van der Waals surface area contributed by atoms with Crippen molar-refractivity contribution in [3.8, 4) is 0 Å². The van der Waals surface area contributed by atoms with Gasteiger partial charge in [0.05, 0.1) is 6.54 Å². The smallest absolute Gasteiger partial charge is 0.242 e. The number of nitrogens with zero attached hydrogens (tertiary/aromatic N) is 1. The Morgan fingerprint density at radius 3 is 2.77 bits per heavy atom. The first-order valence-corrected chi connectivity index (χ1v) is 8.27. The number of benzene rings is 2. The number of hydrogen-bond acceptors (Lipinski definition) is 2. The summed E-state index contributed by atoms with van der Waals surface area (Å²) in [6.45, 7) is 3.88. The van der Waals surface area contributed by atoms with Crippen molar-refractivity contribution in [1.29, 1.82) is 0 Å². The van der Waals surface area contributed by atoms with Crippen molar-refractivity contribution in [3.05, 3.63) is 63.6 Å². The second kappa shape index (κ2) is 6.53. The zero-order valence-electron chi connectivity index (χ0n) is 12.6. The highest BCUT2D eigenvalue weighted by Gasteiger charge is 2.20. The van der Waals surface area contributed by atoms with Gasteiger partial charge >= 0.3 is 0 Å². The number of halogens is 1. The van der Waals surface area contributed by atoms with Crippen LogP contribution in [0.1, 0.15) is 16.7 Å². The van der Waals surface area contributed by atoms with Crippen LogP contribution in [0.15, 0.2) is 46.9 Å². The van der Waals surface area contributed by atoms with E-state index in [9.17, 15) is 4.79 Å². The number of fused-ring (bicyclic) bond motifs is 1. The Morgan fingerprint density at radius 2 is 2.00 bits per heavy atom. The van der Waals surface area contributed by atoms with E-state index < -0.39 is 0 Å². The van der Waals surface area contributed by atoms with Crippen molar-refractivity contribution < 1.29 is 4.79 Å². The molecule has 2 aromatic rings. The number of carbonyl (C=O) groups is 1. The van der Waals surface area contributed by atoms with Crippen LogP contribution in [-0.2, 0) is 17.8 Å². The molecule has 3 rings (SSSR count). The zero-order valence-corrected chi connectivity index (χ0v) is 14.2. The van der Waals surface area contributed by atoms with Crippen molar-refractivity contribution in [2.75, 3.05) is 18.4 Å². The molecule has 0 radical (unpaired) electrons. The third kappa shape index (κ3) is 3.33. The molecule has 0 saturated carbocycles. The highest BCUT2D eigenvalue weighted by Crippen LogP contribution is 2.23. The molecule has 0 spiro atoms. The minimum atomic E-state index is 0.141. The van der Waals surface area contributed by atoms with Crippen LogP contribution in [0, 0.1) is 6.92 Å². The van der Waals surface area contributed by atoms with Gasteiger partial charge in [0.25, 0.3) is 0 Å². The molecule has 3 nitrogen and oxygen atoms in total. The van der Waals surface area contributed by atoms with E-state index in [4.69, 9.17) is 0 Å². The normalized spacial score (nSPS) is 13.6. The second-order valence-electron chi connectivity index (χ2n) is 5.67. The largest absolute Gasteiger partial charge is 0.375 e. The van der Waals surface area contributed by atoms with E-state index in [0.29, 0.717) is 13.1 Å². The first kappa shape index (κ1) is 15.1. The van der Waals surface area contributed by atoms with Crippen LogP contribution in [0.2, 0.25) is 0 Å². The molecule has 114 valence electrons. The molecule has 1 amide bonds. The molecule has 22 heavy (non-hydrogen) atoms. The molecule has 2 aromatic carbocycles. The SMILES string of the molecule is Cc1ccc(NCC(=O)N2CCc3ccccc3C2)c(Br)c1. The van der Waals surface area contributed by atoms with Crippen molar-refractivity contribution >= 4 is 27.5 Å². The van der Waals surface area contributed by atoms with Crippen LogP contribution in [0.4, 0.5) is 5.69 Å². The predicted molar refractivity (Wildman–Crippen MR) is 92.9 cm³/mol. The standard InChI is InChI=1S/C18H19BrN2O/c1-13-6-7-17(16(19)10-13)20-11-18(22)21-9-8-14-4-2-3-5-15(14)12-21/h2-7,10,20H,8-9,11-12H2,1H3. The highest BCUT2D eigenvalue weighted by atomic mass is 79.9.